The van der Waals surface area contributed by atoms with Gasteiger partial charge in [-0.05, 0) is 36.5 Å². The molecule has 12 heavy (non-hydrogen) atoms. The zero-order valence-corrected chi connectivity index (χ0v) is 7.03. The maximum atomic E-state index is 9.03. The number of phenolic OH excluding ortho intramolecular Hbond substituents is 1. The third-order valence-electron chi connectivity index (χ3n) is 2.28. The molecule has 0 spiro atoms. The number of hydrogen-bond donors (Lipinski definition) is 1. The molecule has 1 nitrogen and oxygen atoms in total. The zero-order chi connectivity index (χ0) is 8.39. The number of hydrogen-bond acceptors (Lipinski definition) is 1. The number of rotatable bonds is 3. The highest BCUT2D eigenvalue weighted by molar-refractivity contribution is 5.30. The third-order valence-corrected chi connectivity index (χ3v) is 2.28. The van der Waals surface area contributed by atoms with E-state index in [0.717, 1.165) is 5.92 Å². The fourth-order valence-electron chi connectivity index (χ4n) is 1.27. The van der Waals surface area contributed by atoms with Gasteiger partial charge in [0, 0.05) is 0 Å². The Hall–Kier alpha value is -0.980. The van der Waals surface area contributed by atoms with Crippen LogP contribution in [-0.4, -0.2) is 5.11 Å². The van der Waals surface area contributed by atoms with Crippen LogP contribution < -0.4 is 0 Å². The van der Waals surface area contributed by atoms with Crippen LogP contribution in [0.1, 0.15) is 24.8 Å². The van der Waals surface area contributed by atoms with Crippen molar-refractivity contribution in [1.82, 2.24) is 0 Å². The summed E-state index contributed by atoms with van der Waals surface area (Å²) in [5.41, 5.74) is 1.22. The van der Waals surface area contributed by atoms with Gasteiger partial charge >= 0.3 is 0 Å². The van der Waals surface area contributed by atoms with Gasteiger partial charge in [0.1, 0.15) is 5.75 Å². The molecule has 1 aromatic rings. The highest BCUT2D eigenvalue weighted by Gasteiger charge is 2.20. The molecule has 0 saturated heterocycles. The van der Waals surface area contributed by atoms with Gasteiger partial charge in [0.15, 0.2) is 0 Å². The van der Waals surface area contributed by atoms with Crippen LogP contribution in [0.3, 0.4) is 0 Å². The summed E-state index contributed by atoms with van der Waals surface area (Å²) in [5, 5.41) is 9.03. The lowest BCUT2D eigenvalue weighted by Crippen LogP contribution is -1.82. The van der Waals surface area contributed by atoms with E-state index >= 15 is 0 Å². The van der Waals surface area contributed by atoms with Gasteiger partial charge in [0.2, 0.25) is 0 Å². The number of phenols is 1. The van der Waals surface area contributed by atoms with Gasteiger partial charge in [-0.15, -0.1) is 0 Å². The molecule has 1 saturated carbocycles. The van der Waals surface area contributed by atoms with E-state index in [0.29, 0.717) is 5.75 Å². The lowest BCUT2D eigenvalue weighted by atomic mass is 10.1. The van der Waals surface area contributed by atoms with Crippen LogP contribution >= 0.6 is 0 Å². The Morgan fingerprint density at radius 1 is 1.25 bits per heavy atom. The highest BCUT2D eigenvalue weighted by atomic mass is 16.3. The molecule has 1 aliphatic carbocycles. The summed E-state index contributed by atoms with van der Waals surface area (Å²) in [7, 11) is 0. The predicted octanol–water partition coefficient (Wildman–Crippen LogP) is 2.74. The Labute approximate surface area is 73.0 Å². The minimum atomic E-state index is 0.346. The molecule has 1 fully saturated rings. The van der Waals surface area contributed by atoms with E-state index in [2.05, 4.69) is 6.42 Å². The molecule has 0 aromatic heterocycles. The largest absolute Gasteiger partial charge is 0.508 e. The van der Waals surface area contributed by atoms with Crippen molar-refractivity contribution in [3.8, 4) is 5.75 Å². The molecular formula is C11H13O. The minimum absolute atomic E-state index is 0.346. The molecule has 0 bridgehead atoms. The van der Waals surface area contributed by atoms with Gasteiger partial charge in [-0.1, -0.05) is 25.0 Å². The minimum Gasteiger partial charge on any atom is -0.508 e. The van der Waals surface area contributed by atoms with E-state index in [1.54, 1.807) is 12.1 Å². The quantitative estimate of drug-likeness (QED) is 0.722. The third kappa shape index (κ3) is 2.00. The van der Waals surface area contributed by atoms with Crippen molar-refractivity contribution < 1.29 is 5.11 Å². The summed E-state index contributed by atoms with van der Waals surface area (Å²) in [4.78, 5) is 0. The normalized spacial score (nSPS) is 16.3. The monoisotopic (exact) mass is 161 g/mol. The van der Waals surface area contributed by atoms with Crippen molar-refractivity contribution in [2.75, 3.05) is 0 Å². The van der Waals surface area contributed by atoms with E-state index < -0.39 is 0 Å². The Morgan fingerprint density at radius 2 is 1.92 bits per heavy atom. The molecule has 0 atom stereocenters. The maximum Gasteiger partial charge on any atom is 0.115 e. The van der Waals surface area contributed by atoms with E-state index in [1.165, 1.54) is 24.8 Å². The molecule has 0 amide bonds. The van der Waals surface area contributed by atoms with Gasteiger partial charge in [-0.3, -0.25) is 0 Å². The molecule has 63 valence electrons. The highest BCUT2D eigenvalue weighted by Crippen LogP contribution is 2.34. The Kier molecular flexibility index (Phi) is 2.03. The molecular weight excluding hydrogens is 148 g/mol. The second-order valence-electron chi connectivity index (χ2n) is 3.47. The molecule has 1 N–H and O–H groups in total. The van der Waals surface area contributed by atoms with Crippen molar-refractivity contribution in [3.63, 3.8) is 0 Å². The van der Waals surface area contributed by atoms with Gasteiger partial charge in [-0.25, -0.2) is 0 Å². The lowest BCUT2D eigenvalue weighted by Gasteiger charge is -1.98. The van der Waals surface area contributed by atoms with Crippen LogP contribution in [-0.2, 0) is 0 Å². The molecule has 0 aliphatic heterocycles. The Balaban J connectivity index is 1.89. The van der Waals surface area contributed by atoms with E-state index in [4.69, 9.17) is 5.11 Å². The molecule has 1 aromatic carbocycles. The first-order chi connectivity index (χ1) is 5.84. The number of aromatic hydroxyl groups is 1. The van der Waals surface area contributed by atoms with Gasteiger partial charge in [0.25, 0.3) is 0 Å². The second-order valence-corrected chi connectivity index (χ2v) is 3.47. The van der Waals surface area contributed by atoms with Crippen molar-refractivity contribution in [2.45, 2.75) is 19.3 Å². The van der Waals surface area contributed by atoms with Crippen LogP contribution in [0.2, 0.25) is 0 Å². The zero-order valence-electron chi connectivity index (χ0n) is 7.03. The molecule has 0 unspecified atom stereocenters. The molecule has 1 radical (unpaired) electrons. The average Bonchev–Trinajstić information content (AvgIpc) is 2.87. The fraction of sp³-hybridized carbons (Fsp3) is 0.364. The van der Waals surface area contributed by atoms with Gasteiger partial charge in [-0.2, -0.15) is 0 Å². The first kappa shape index (κ1) is 7.66. The predicted molar refractivity (Wildman–Crippen MR) is 48.8 cm³/mol. The summed E-state index contributed by atoms with van der Waals surface area (Å²) in [5.74, 6) is 1.29. The fourth-order valence-corrected chi connectivity index (χ4v) is 1.27. The molecule has 2 rings (SSSR count). The Bertz CT molecular complexity index is 246. The van der Waals surface area contributed by atoms with Crippen molar-refractivity contribution in [2.24, 2.45) is 5.92 Å². The summed E-state index contributed by atoms with van der Waals surface area (Å²) in [6, 6.07) is 7.38. The Morgan fingerprint density at radius 3 is 2.50 bits per heavy atom. The second kappa shape index (κ2) is 3.18. The van der Waals surface area contributed by atoms with Crippen LogP contribution in [0.4, 0.5) is 0 Å². The average molecular weight is 161 g/mol. The molecule has 1 aliphatic rings. The van der Waals surface area contributed by atoms with Crippen molar-refractivity contribution in [3.05, 3.63) is 36.2 Å². The van der Waals surface area contributed by atoms with Crippen LogP contribution in [0.25, 0.3) is 0 Å². The van der Waals surface area contributed by atoms with Crippen molar-refractivity contribution >= 4 is 0 Å². The lowest BCUT2D eigenvalue weighted by molar-refractivity contribution is 0.475. The van der Waals surface area contributed by atoms with E-state index in [-0.39, 0.29) is 0 Å². The summed E-state index contributed by atoms with van der Waals surface area (Å²) in [6.45, 7) is 0. The van der Waals surface area contributed by atoms with Gasteiger partial charge < -0.3 is 5.11 Å². The smallest absolute Gasteiger partial charge is 0.115 e. The standard InChI is InChI=1S/C11H13O/c12-11-7-5-10(6-8-11)4-3-9-1-2-9/h4-9,12H,1-3H2. The summed E-state index contributed by atoms with van der Waals surface area (Å²) < 4.78 is 0. The SMILES string of the molecule is Oc1ccc([CH]CC2CC2)cc1. The first-order valence-electron chi connectivity index (χ1n) is 4.47. The van der Waals surface area contributed by atoms with Crippen LogP contribution in [0.5, 0.6) is 5.75 Å². The molecule has 0 heterocycles. The van der Waals surface area contributed by atoms with Crippen molar-refractivity contribution in [1.29, 1.82) is 0 Å². The first-order valence-corrected chi connectivity index (χ1v) is 4.47. The summed E-state index contributed by atoms with van der Waals surface area (Å²) in [6.07, 6.45) is 6.24. The molecule has 1 heteroatoms. The van der Waals surface area contributed by atoms with E-state index in [9.17, 15) is 0 Å². The maximum absolute atomic E-state index is 9.03. The van der Waals surface area contributed by atoms with Crippen LogP contribution in [0.15, 0.2) is 24.3 Å². The van der Waals surface area contributed by atoms with Gasteiger partial charge in [0.05, 0.1) is 0 Å². The summed E-state index contributed by atoms with van der Waals surface area (Å²) >= 11 is 0. The number of benzene rings is 1. The van der Waals surface area contributed by atoms with Crippen LogP contribution in [0, 0.1) is 12.3 Å². The topological polar surface area (TPSA) is 20.2 Å². The van der Waals surface area contributed by atoms with E-state index in [1.807, 2.05) is 12.1 Å².